The average Bonchev–Trinajstić information content (AvgIpc) is 2.41. The summed E-state index contributed by atoms with van der Waals surface area (Å²) in [5.74, 6) is -0.157. The topological polar surface area (TPSA) is 35.2 Å². The van der Waals surface area contributed by atoms with Crippen molar-refractivity contribution in [2.75, 3.05) is 7.11 Å². The maximum Gasteiger partial charge on any atom is 0.165 e. The van der Waals surface area contributed by atoms with Crippen molar-refractivity contribution in [3.05, 3.63) is 64.5 Å². The number of ether oxygens (including phenoxy) is 1. The number of halogens is 1. The SMILES string of the molecule is COc1ccc(C(N)c2ccc(C)c(C)c2)cc1F. The smallest absolute Gasteiger partial charge is 0.165 e. The number of nitrogens with two attached hydrogens (primary N) is 1. The van der Waals surface area contributed by atoms with Gasteiger partial charge >= 0.3 is 0 Å². The van der Waals surface area contributed by atoms with E-state index in [2.05, 4.69) is 6.92 Å². The minimum absolute atomic E-state index is 0.232. The number of hydrogen-bond acceptors (Lipinski definition) is 2. The van der Waals surface area contributed by atoms with Crippen molar-refractivity contribution in [3.8, 4) is 5.75 Å². The number of rotatable bonds is 3. The van der Waals surface area contributed by atoms with E-state index in [-0.39, 0.29) is 17.6 Å². The van der Waals surface area contributed by atoms with Crippen LogP contribution in [0.25, 0.3) is 0 Å². The molecule has 100 valence electrons. The molecule has 0 radical (unpaired) electrons. The maximum atomic E-state index is 13.7. The zero-order valence-corrected chi connectivity index (χ0v) is 11.4. The number of methoxy groups -OCH3 is 1. The normalized spacial score (nSPS) is 12.3. The molecule has 0 saturated carbocycles. The monoisotopic (exact) mass is 259 g/mol. The van der Waals surface area contributed by atoms with E-state index in [4.69, 9.17) is 10.5 Å². The van der Waals surface area contributed by atoms with E-state index in [1.807, 2.05) is 25.1 Å². The molecule has 0 bridgehead atoms. The number of benzene rings is 2. The molecule has 2 aromatic carbocycles. The van der Waals surface area contributed by atoms with Crippen LogP contribution in [0.15, 0.2) is 36.4 Å². The van der Waals surface area contributed by atoms with Crippen LogP contribution in [0.1, 0.15) is 28.3 Å². The van der Waals surface area contributed by atoms with Crippen LogP contribution in [0.2, 0.25) is 0 Å². The largest absolute Gasteiger partial charge is 0.494 e. The molecule has 19 heavy (non-hydrogen) atoms. The van der Waals surface area contributed by atoms with Crippen LogP contribution in [-0.2, 0) is 0 Å². The van der Waals surface area contributed by atoms with E-state index in [0.717, 1.165) is 11.1 Å². The van der Waals surface area contributed by atoms with Gasteiger partial charge in [-0.3, -0.25) is 0 Å². The molecule has 0 spiro atoms. The molecule has 0 aromatic heterocycles. The molecule has 2 aromatic rings. The lowest BCUT2D eigenvalue weighted by Gasteiger charge is -2.15. The minimum atomic E-state index is -0.390. The molecule has 3 heteroatoms. The second-order valence-electron chi connectivity index (χ2n) is 4.72. The second-order valence-corrected chi connectivity index (χ2v) is 4.72. The van der Waals surface area contributed by atoms with Crippen molar-refractivity contribution in [3.63, 3.8) is 0 Å². The van der Waals surface area contributed by atoms with Gasteiger partial charge in [0.1, 0.15) is 0 Å². The lowest BCUT2D eigenvalue weighted by atomic mass is 9.96. The first-order valence-corrected chi connectivity index (χ1v) is 6.19. The third-order valence-corrected chi connectivity index (χ3v) is 3.43. The van der Waals surface area contributed by atoms with E-state index < -0.39 is 0 Å². The summed E-state index contributed by atoms with van der Waals surface area (Å²) in [6, 6.07) is 10.5. The van der Waals surface area contributed by atoms with Gasteiger partial charge in [0, 0.05) is 0 Å². The molecule has 0 aliphatic heterocycles. The van der Waals surface area contributed by atoms with Crippen molar-refractivity contribution < 1.29 is 9.13 Å². The summed E-state index contributed by atoms with van der Waals surface area (Å²) in [5.41, 5.74) is 10.3. The summed E-state index contributed by atoms with van der Waals surface area (Å²) in [5, 5.41) is 0. The van der Waals surface area contributed by atoms with Crippen molar-refractivity contribution in [1.82, 2.24) is 0 Å². The van der Waals surface area contributed by atoms with Gasteiger partial charge in [0.2, 0.25) is 0 Å². The van der Waals surface area contributed by atoms with Gasteiger partial charge in [0.25, 0.3) is 0 Å². The minimum Gasteiger partial charge on any atom is -0.494 e. The number of hydrogen-bond donors (Lipinski definition) is 1. The lowest BCUT2D eigenvalue weighted by Crippen LogP contribution is -2.12. The molecule has 0 aliphatic rings. The zero-order chi connectivity index (χ0) is 14.0. The van der Waals surface area contributed by atoms with Gasteiger partial charge in [0.15, 0.2) is 11.6 Å². The van der Waals surface area contributed by atoms with Gasteiger partial charge in [-0.25, -0.2) is 4.39 Å². The Morgan fingerprint density at radius 3 is 2.21 bits per heavy atom. The van der Waals surface area contributed by atoms with Crippen LogP contribution in [0.4, 0.5) is 4.39 Å². The molecule has 1 unspecified atom stereocenters. The van der Waals surface area contributed by atoms with Crippen molar-refractivity contribution in [1.29, 1.82) is 0 Å². The van der Waals surface area contributed by atoms with Gasteiger partial charge in [-0.1, -0.05) is 24.3 Å². The third kappa shape index (κ3) is 2.76. The highest BCUT2D eigenvalue weighted by Gasteiger charge is 2.12. The molecule has 1 atom stereocenters. The summed E-state index contributed by atoms with van der Waals surface area (Å²) in [6.07, 6.45) is 0. The van der Waals surface area contributed by atoms with Crippen molar-refractivity contribution >= 4 is 0 Å². The lowest BCUT2D eigenvalue weighted by molar-refractivity contribution is 0.386. The highest BCUT2D eigenvalue weighted by molar-refractivity contribution is 5.39. The van der Waals surface area contributed by atoms with Crippen LogP contribution >= 0.6 is 0 Å². The molecule has 2 N–H and O–H groups in total. The third-order valence-electron chi connectivity index (χ3n) is 3.43. The highest BCUT2D eigenvalue weighted by atomic mass is 19.1. The molecule has 0 fully saturated rings. The summed E-state index contributed by atoms with van der Waals surface area (Å²) in [4.78, 5) is 0. The standard InChI is InChI=1S/C16H18FNO/c1-10-4-5-12(8-11(10)2)16(18)13-6-7-15(19-3)14(17)9-13/h4-9,16H,18H2,1-3H3. The summed E-state index contributed by atoms with van der Waals surface area (Å²) < 4.78 is 18.6. The van der Waals surface area contributed by atoms with Gasteiger partial charge in [0.05, 0.1) is 13.2 Å². The molecule has 2 rings (SSSR count). The van der Waals surface area contributed by atoms with Gasteiger partial charge in [-0.15, -0.1) is 0 Å². The quantitative estimate of drug-likeness (QED) is 0.915. The first-order valence-electron chi connectivity index (χ1n) is 6.19. The van der Waals surface area contributed by atoms with E-state index in [1.165, 1.54) is 24.3 Å². The summed E-state index contributed by atoms with van der Waals surface area (Å²) in [6.45, 7) is 4.10. The predicted octanol–water partition coefficient (Wildman–Crippen LogP) is 3.50. The molecular weight excluding hydrogens is 241 g/mol. The van der Waals surface area contributed by atoms with Crippen LogP contribution < -0.4 is 10.5 Å². The summed E-state index contributed by atoms with van der Waals surface area (Å²) in [7, 11) is 1.45. The first kappa shape index (κ1) is 13.6. The Labute approximate surface area is 113 Å². The molecule has 0 amide bonds. The first-order chi connectivity index (χ1) is 9.02. The van der Waals surface area contributed by atoms with E-state index >= 15 is 0 Å². The van der Waals surface area contributed by atoms with Gasteiger partial charge in [-0.2, -0.15) is 0 Å². The predicted molar refractivity (Wildman–Crippen MR) is 74.9 cm³/mol. The number of aryl methyl sites for hydroxylation is 2. The van der Waals surface area contributed by atoms with Crippen molar-refractivity contribution in [2.45, 2.75) is 19.9 Å². The zero-order valence-electron chi connectivity index (χ0n) is 11.4. The van der Waals surface area contributed by atoms with Crippen LogP contribution in [0.3, 0.4) is 0 Å². The van der Waals surface area contributed by atoms with Crippen molar-refractivity contribution in [2.24, 2.45) is 5.73 Å². The van der Waals surface area contributed by atoms with Crippen LogP contribution in [0.5, 0.6) is 5.75 Å². The van der Waals surface area contributed by atoms with Crippen LogP contribution in [0, 0.1) is 19.7 Å². The molecule has 0 heterocycles. The van der Waals surface area contributed by atoms with Crippen LogP contribution in [-0.4, -0.2) is 7.11 Å². The Bertz CT molecular complexity index is 595. The highest BCUT2D eigenvalue weighted by Crippen LogP contribution is 2.25. The van der Waals surface area contributed by atoms with E-state index in [0.29, 0.717) is 0 Å². The molecule has 2 nitrogen and oxygen atoms in total. The summed E-state index contributed by atoms with van der Waals surface area (Å²) >= 11 is 0. The maximum absolute atomic E-state index is 13.7. The van der Waals surface area contributed by atoms with Gasteiger partial charge < -0.3 is 10.5 Å². The Morgan fingerprint density at radius 1 is 1.00 bits per heavy atom. The average molecular weight is 259 g/mol. The van der Waals surface area contributed by atoms with Gasteiger partial charge in [-0.05, 0) is 48.2 Å². The molecule has 0 aliphatic carbocycles. The Kier molecular flexibility index (Phi) is 3.86. The second kappa shape index (κ2) is 5.41. The van der Waals surface area contributed by atoms with E-state index in [9.17, 15) is 4.39 Å². The molecule has 0 saturated heterocycles. The fraction of sp³-hybridized carbons (Fsp3) is 0.250. The fourth-order valence-electron chi connectivity index (χ4n) is 2.03. The Balaban J connectivity index is 2.35. The van der Waals surface area contributed by atoms with E-state index in [1.54, 1.807) is 12.1 Å². The Morgan fingerprint density at radius 2 is 1.63 bits per heavy atom. The molecular formula is C16H18FNO. The Hall–Kier alpha value is -1.87. The fourth-order valence-corrected chi connectivity index (χ4v) is 2.03.